The van der Waals surface area contributed by atoms with Crippen molar-refractivity contribution >= 4 is 17.7 Å². The Morgan fingerprint density at radius 2 is 2.35 bits per heavy atom. The van der Waals surface area contributed by atoms with Crippen LogP contribution in [0.2, 0.25) is 0 Å². The van der Waals surface area contributed by atoms with Gasteiger partial charge in [-0.3, -0.25) is 4.79 Å². The molecule has 0 fully saturated rings. The van der Waals surface area contributed by atoms with E-state index < -0.39 is 18.0 Å². The Balaban J connectivity index is 2.27. The predicted octanol–water partition coefficient (Wildman–Crippen LogP) is 0.689. The highest BCUT2D eigenvalue weighted by Crippen LogP contribution is 2.23. The van der Waals surface area contributed by atoms with Crippen LogP contribution >= 0.6 is 0 Å². The van der Waals surface area contributed by atoms with Crippen LogP contribution in [0, 0.1) is 11.3 Å². The fourth-order valence-electron chi connectivity index (χ4n) is 1.74. The summed E-state index contributed by atoms with van der Waals surface area (Å²) in [6.07, 6.45) is -0.943. The summed E-state index contributed by atoms with van der Waals surface area (Å²) < 4.78 is 0. The van der Waals surface area contributed by atoms with Crippen LogP contribution in [0.1, 0.15) is 11.1 Å². The summed E-state index contributed by atoms with van der Waals surface area (Å²) in [6.45, 7) is 0. The SMILES string of the molecule is N#Cc1ccc2c(c1)NC(=O)[C@H](NC(=O)O)C2. The summed E-state index contributed by atoms with van der Waals surface area (Å²) in [5.74, 6) is -0.407. The molecule has 0 aromatic heterocycles. The highest BCUT2D eigenvalue weighted by Gasteiger charge is 2.27. The van der Waals surface area contributed by atoms with Crippen LogP contribution in [0.15, 0.2) is 18.2 Å². The van der Waals surface area contributed by atoms with Crippen molar-refractivity contribution in [1.29, 1.82) is 5.26 Å². The number of amides is 2. The van der Waals surface area contributed by atoms with E-state index in [9.17, 15) is 9.59 Å². The third-order valence-corrected chi connectivity index (χ3v) is 2.54. The third kappa shape index (κ3) is 2.18. The molecule has 0 unspecified atom stereocenters. The normalized spacial score (nSPS) is 17.6. The van der Waals surface area contributed by atoms with Gasteiger partial charge in [0.2, 0.25) is 5.91 Å². The first-order valence-corrected chi connectivity index (χ1v) is 4.93. The molecular weight excluding hydrogens is 222 g/mol. The van der Waals surface area contributed by atoms with E-state index in [-0.39, 0.29) is 0 Å². The van der Waals surface area contributed by atoms with E-state index in [1.165, 1.54) is 0 Å². The van der Waals surface area contributed by atoms with E-state index in [1.807, 2.05) is 6.07 Å². The molecule has 17 heavy (non-hydrogen) atoms. The lowest BCUT2D eigenvalue weighted by Gasteiger charge is -2.24. The summed E-state index contributed by atoms with van der Waals surface area (Å²) in [5.41, 5.74) is 1.83. The molecule has 1 aliphatic rings. The van der Waals surface area contributed by atoms with Gasteiger partial charge < -0.3 is 15.7 Å². The van der Waals surface area contributed by atoms with Gasteiger partial charge in [-0.1, -0.05) is 6.07 Å². The topological polar surface area (TPSA) is 102 Å². The Bertz CT molecular complexity index is 533. The number of hydrogen-bond acceptors (Lipinski definition) is 3. The van der Waals surface area contributed by atoms with Gasteiger partial charge in [-0.05, 0) is 17.7 Å². The van der Waals surface area contributed by atoms with E-state index in [2.05, 4.69) is 10.6 Å². The fourth-order valence-corrected chi connectivity index (χ4v) is 1.74. The van der Waals surface area contributed by atoms with E-state index in [4.69, 9.17) is 10.4 Å². The van der Waals surface area contributed by atoms with Crippen molar-refractivity contribution in [2.75, 3.05) is 5.32 Å². The first kappa shape index (κ1) is 11.0. The Hall–Kier alpha value is -2.55. The molecule has 1 atom stereocenters. The predicted molar refractivity (Wildman–Crippen MR) is 58.4 cm³/mol. The maximum absolute atomic E-state index is 11.6. The summed E-state index contributed by atoms with van der Waals surface area (Å²) in [7, 11) is 0. The van der Waals surface area contributed by atoms with Gasteiger partial charge in [0.25, 0.3) is 0 Å². The zero-order valence-electron chi connectivity index (χ0n) is 8.73. The van der Waals surface area contributed by atoms with Crippen molar-refractivity contribution in [3.05, 3.63) is 29.3 Å². The molecule has 1 aromatic rings. The van der Waals surface area contributed by atoms with Gasteiger partial charge in [-0.15, -0.1) is 0 Å². The van der Waals surface area contributed by atoms with Crippen LogP contribution in [0.5, 0.6) is 0 Å². The highest BCUT2D eigenvalue weighted by atomic mass is 16.4. The van der Waals surface area contributed by atoms with E-state index in [0.29, 0.717) is 17.7 Å². The third-order valence-electron chi connectivity index (χ3n) is 2.54. The molecule has 6 heteroatoms. The van der Waals surface area contributed by atoms with Gasteiger partial charge in [0.05, 0.1) is 11.6 Å². The lowest BCUT2D eigenvalue weighted by Crippen LogP contribution is -2.47. The molecule has 1 aliphatic heterocycles. The van der Waals surface area contributed by atoms with Crippen molar-refractivity contribution in [1.82, 2.24) is 5.32 Å². The summed E-state index contributed by atoms with van der Waals surface area (Å²) in [4.78, 5) is 22.1. The summed E-state index contributed by atoms with van der Waals surface area (Å²) in [5, 5.41) is 22.0. The smallest absolute Gasteiger partial charge is 0.405 e. The fraction of sp³-hybridized carbons (Fsp3) is 0.182. The van der Waals surface area contributed by atoms with E-state index in [1.54, 1.807) is 18.2 Å². The van der Waals surface area contributed by atoms with Gasteiger partial charge >= 0.3 is 6.09 Å². The van der Waals surface area contributed by atoms with Crippen LogP contribution in [0.4, 0.5) is 10.5 Å². The van der Waals surface area contributed by atoms with Crippen molar-refractivity contribution in [3.63, 3.8) is 0 Å². The second kappa shape index (κ2) is 4.14. The number of nitriles is 1. The van der Waals surface area contributed by atoms with Crippen LogP contribution < -0.4 is 10.6 Å². The van der Waals surface area contributed by atoms with Crippen molar-refractivity contribution in [2.24, 2.45) is 0 Å². The molecule has 2 rings (SSSR count). The molecule has 0 bridgehead atoms. The molecule has 0 radical (unpaired) electrons. The van der Waals surface area contributed by atoms with Crippen LogP contribution in [-0.4, -0.2) is 23.1 Å². The number of benzene rings is 1. The molecule has 1 aromatic carbocycles. The Morgan fingerprint density at radius 1 is 1.59 bits per heavy atom. The minimum Gasteiger partial charge on any atom is -0.465 e. The quantitative estimate of drug-likeness (QED) is 0.661. The van der Waals surface area contributed by atoms with Gasteiger partial charge in [0.15, 0.2) is 0 Å². The largest absolute Gasteiger partial charge is 0.465 e. The van der Waals surface area contributed by atoms with Gasteiger partial charge in [-0.2, -0.15) is 5.26 Å². The number of carboxylic acid groups (broad SMARTS) is 1. The number of carbonyl (C=O) groups excluding carboxylic acids is 1. The number of anilines is 1. The standard InChI is InChI=1S/C11H9N3O3/c12-5-6-1-2-7-4-9(14-11(16)17)10(15)13-8(7)3-6/h1-3,9,14H,4H2,(H,13,15)(H,16,17)/t9-/m1/s1. The number of hydrogen-bond donors (Lipinski definition) is 3. The number of carbonyl (C=O) groups is 2. The number of rotatable bonds is 1. The molecule has 0 spiro atoms. The highest BCUT2D eigenvalue weighted by molar-refractivity contribution is 5.99. The average Bonchev–Trinajstić information content (AvgIpc) is 2.29. The minimum atomic E-state index is -1.23. The Labute approximate surface area is 96.9 Å². The Morgan fingerprint density at radius 3 is 3.00 bits per heavy atom. The van der Waals surface area contributed by atoms with Gasteiger partial charge in [0.1, 0.15) is 6.04 Å². The lowest BCUT2D eigenvalue weighted by atomic mass is 9.97. The van der Waals surface area contributed by atoms with Crippen LogP contribution in [0.3, 0.4) is 0 Å². The first-order valence-electron chi connectivity index (χ1n) is 4.93. The second-order valence-electron chi connectivity index (χ2n) is 3.68. The maximum atomic E-state index is 11.6. The summed E-state index contributed by atoms with van der Waals surface area (Å²) in [6, 6.07) is 6.11. The van der Waals surface area contributed by atoms with Crippen LogP contribution in [-0.2, 0) is 11.2 Å². The number of fused-ring (bicyclic) bond motifs is 1. The molecule has 1 heterocycles. The van der Waals surface area contributed by atoms with Crippen molar-refractivity contribution < 1.29 is 14.7 Å². The zero-order valence-corrected chi connectivity index (χ0v) is 8.73. The molecule has 0 saturated carbocycles. The summed E-state index contributed by atoms with van der Waals surface area (Å²) >= 11 is 0. The maximum Gasteiger partial charge on any atom is 0.405 e. The molecule has 2 amide bonds. The van der Waals surface area contributed by atoms with Gasteiger partial charge in [-0.25, -0.2) is 4.79 Å². The lowest BCUT2D eigenvalue weighted by molar-refractivity contribution is -0.118. The number of nitrogens with one attached hydrogen (secondary N) is 2. The molecule has 6 nitrogen and oxygen atoms in total. The zero-order chi connectivity index (χ0) is 12.4. The monoisotopic (exact) mass is 231 g/mol. The molecule has 0 saturated heterocycles. The van der Waals surface area contributed by atoms with E-state index in [0.717, 1.165) is 5.56 Å². The Kier molecular flexibility index (Phi) is 2.66. The van der Waals surface area contributed by atoms with E-state index >= 15 is 0 Å². The average molecular weight is 231 g/mol. The van der Waals surface area contributed by atoms with Crippen LogP contribution in [0.25, 0.3) is 0 Å². The first-order chi connectivity index (χ1) is 8.10. The van der Waals surface area contributed by atoms with Crippen molar-refractivity contribution in [3.8, 4) is 6.07 Å². The molecule has 3 N–H and O–H groups in total. The molecule has 86 valence electrons. The number of nitrogens with zero attached hydrogens (tertiary/aromatic N) is 1. The minimum absolute atomic E-state index is 0.291. The molecule has 0 aliphatic carbocycles. The van der Waals surface area contributed by atoms with Crippen molar-refractivity contribution in [2.45, 2.75) is 12.5 Å². The second-order valence-corrected chi connectivity index (χ2v) is 3.68. The van der Waals surface area contributed by atoms with Gasteiger partial charge in [0, 0.05) is 12.1 Å². The molecular formula is C11H9N3O3.